The summed E-state index contributed by atoms with van der Waals surface area (Å²) in [7, 11) is 1.02. The van der Waals surface area contributed by atoms with Crippen LogP contribution in [-0.2, 0) is 30.3 Å². The maximum atomic E-state index is 13.5. The molecular weight excluding hydrogens is 573 g/mol. The number of aryl methyl sites for hydroxylation is 1. The summed E-state index contributed by atoms with van der Waals surface area (Å²) in [6.07, 6.45) is 2.69. The van der Waals surface area contributed by atoms with Crippen molar-refractivity contribution < 1.29 is 42.9 Å². The van der Waals surface area contributed by atoms with Crippen molar-refractivity contribution in [2.45, 2.75) is 56.8 Å². The number of halogens is 1. The van der Waals surface area contributed by atoms with E-state index >= 15 is 0 Å². The highest BCUT2D eigenvalue weighted by atomic mass is 32.2. The topological polar surface area (TPSA) is 127 Å². The van der Waals surface area contributed by atoms with E-state index in [1.165, 1.54) is 30.3 Å². The molecule has 2 heterocycles. The minimum absolute atomic E-state index is 0.118. The molecule has 9 nitrogen and oxygen atoms in total. The van der Waals surface area contributed by atoms with Gasteiger partial charge < -0.3 is 24.1 Å². The van der Waals surface area contributed by atoms with E-state index in [0.29, 0.717) is 51.0 Å². The fourth-order valence-electron chi connectivity index (χ4n) is 5.83. The highest BCUT2D eigenvalue weighted by Crippen LogP contribution is 2.49. The third-order valence-corrected chi connectivity index (χ3v) is 9.24. The smallest absolute Gasteiger partial charge is 0.338 e. The number of methoxy groups -OCH3 is 1. The van der Waals surface area contributed by atoms with Gasteiger partial charge in [-0.25, -0.2) is 14.0 Å². The summed E-state index contributed by atoms with van der Waals surface area (Å²) in [5, 5.41) is 19.5. The lowest BCUT2D eigenvalue weighted by atomic mass is 9.94. The third-order valence-electron chi connectivity index (χ3n) is 7.91. The van der Waals surface area contributed by atoms with Crippen molar-refractivity contribution in [3.63, 3.8) is 0 Å². The molecule has 3 unspecified atom stereocenters. The Morgan fingerprint density at radius 3 is 2.59 bits per heavy atom. The predicted molar refractivity (Wildman–Crippen MR) is 152 cm³/mol. The van der Waals surface area contributed by atoms with Gasteiger partial charge in [-0.2, -0.15) is 0 Å². The Morgan fingerprint density at radius 2 is 1.93 bits per heavy atom. The molecule has 1 aromatic heterocycles. The molecule has 3 aliphatic rings. The number of carbonyl (C=O) groups is 3. The van der Waals surface area contributed by atoms with Gasteiger partial charge >= 0.3 is 11.9 Å². The molecule has 1 aliphatic heterocycles. The lowest BCUT2D eigenvalue weighted by Crippen LogP contribution is -2.41. The average Bonchev–Trinajstić information content (AvgIpc) is 3.75. The molecule has 2 N–H and O–H groups in total. The van der Waals surface area contributed by atoms with E-state index in [4.69, 9.17) is 21.4 Å². The Kier molecular flexibility index (Phi) is 8.93. The normalized spacial score (nSPS) is 24.2. The van der Waals surface area contributed by atoms with E-state index in [9.17, 15) is 29.0 Å². The fourth-order valence-corrected chi connectivity index (χ4v) is 7.17. The van der Waals surface area contributed by atoms with Crippen LogP contribution in [0.3, 0.4) is 0 Å². The molecule has 218 valence electrons. The number of aliphatic hydroxyl groups is 2. The first-order chi connectivity index (χ1) is 19.7. The van der Waals surface area contributed by atoms with Crippen molar-refractivity contribution in [2.24, 2.45) is 11.8 Å². The average molecular weight is 604 g/mol. The number of fused-ring (bicyclic) bond motifs is 2. The summed E-state index contributed by atoms with van der Waals surface area (Å²) in [5.41, 5.74) is 1.37. The lowest BCUT2D eigenvalue weighted by molar-refractivity contribution is -0.171. The molecule has 12 heteroatoms. The van der Waals surface area contributed by atoms with Gasteiger partial charge in [0.1, 0.15) is 21.7 Å². The molecule has 3 fully saturated rings. The highest BCUT2D eigenvalue weighted by Gasteiger charge is 2.48. The van der Waals surface area contributed by atoms with E-state index in [-0.39, 0.29) is 24.4 Å². The van der Waals surface area contributed by atoms with Crippen LogP contribution in [0.25, 0.3) is 17.4 Å². The van der Waals surface area contributed by atoms with Gasteiger partial charge in [0.05, 0.1) is 18.6 Å². The van der Waals surface area contributed by atoms with Crippen LogP contribution < -0.4 is 0 Å². The molecular formula is C29H30FNO8S2. The van der Waals surface area contributed by atoms with E-state index in [1.54, 1.807) is 29.2 Å². The molecule has 1 saturated heterocycles. The summed E-state index contributed by atoms with van der Waals surface area (Å²) in [4.78, 5) is 39.1. The Balaban J connectivity index is 1.31. The van der Waals surface area contributed by atoms with Crippen molar-refractivity contribution in [3.8, 4) is 11.3 Å². The zero-order valence-electron chi connectivity index (χ0n) is 22.3. The number of esters is 2. The second kappa shape index (κ2) is 12.4. The standard InChI is InChI=1S/C29H30FNO8S2/c1-37-27(35)24(32)25(33)28(36)38-10-2-3-18-13-21(16-6-8-19(30)9-7-16)39-22(18)14-23-26(34)31(29(40)41-23)20-12-15-4-5-17(20)11-15/h6-9,13-15,17,20,24-25,32-33H,2-5,10-12H2,1H3/b23-14-/t15?,17?,20?,24-,25-/m0/s1. The summed E-state index contributed by atoms with van der Waals surface area (Å²) < 4.78 is 29.5. The largest absolute Gasteiger partial charge is 0.467 e. The highest BCUT2D eigenvalue weighted by molar-refractivity contribution is 8.26. The quantitative estimate of drug-likeness (QED) is 0.179. The van der Waals surface area contributed by atoms with Crippen LogP contribution in [0.2, 0.25) is 0 Å². The van der Waals surface area contributed by atoms with Gasteiger partial charge in [0, 0.05) is 17.7 Å². The van der Waals surface area contributed by atoms with E-state index in [0.717, 1.165) is 31.9 Å². The first-order valence-electron chi connectivity index (χ1n) is 13.4. The van der Waals surface area contributed by atoms with Crippen LogP contribution in [-0.4, -0.2) is 69.2 Å². The number of hydrogen-bond acceptors (Lipinski definition) is 10. The van der Waals surface area contributed by atoms with E-state index < -0.39 is 24.1 Å². The maximum absolute atomic E-state index is 13.5. The van der Waals surface area contributed by atoms with Crippen molar-refractivity contribution in [1.82, 2.24) is 4.90 Å². The Hall–Kier alpha value is -3.06. The molecule has 1 amide bonds. The molecule has 0 spiro atoms. The van der Waals surface area contributed by atoms with Gasteiger partial charge in [0.2, 0.25) is 0 Å². The lowest BCUT2D eigenvalue weighted by Gasteiger charge is -2.30. The Morgan fingerprint density at radius 1 is 1.20 bits per heavy atom. The number of benzene rings is 1. The van der Waals surface area contributed by atoms with Crippen molar-refractivity contribution >= 4 is 52.2 Å². The van der Waals surface area contributed by atoms with Gasteiger partial charge in [-0.3, -0.25) is 9.69 Å². The number of carbonyl (C=O) groups excluding carboxylic acids is 3. The molecule has 5 atom stereocenters. The second-order valence-corrected chi connectivity index (χ2v) is 12.2. The van der Waals surface area contributed by atoms with Crippen LogP contribution in [0, 0.1) is 17.7 Å². The van der Waals surface area contributed by atoms with Crippen molar-refractivity contribution in [1.29, 1.82) is 0 Å². The fraction of sp³-hybridized carbons (Fsp3) is 0.448. The van der Waals surface area contributed by atoms with Crippen LogP contribution >= 0.6 is 24.0 Å². The Labute approximate surface area is 245 Å². The first-order valence-corrected chi connectivity index (χ1v) is 14.6. The molecule has 2 bridgehead atoms. The number of thiocarbonyl (C=S) groups is 1. The number of nitrogens with zero attached hydrogens (tertiary/aromatic N) is 1. The molecule has 5 rings (SSSR count). The van der Waals surface area contributed by atoms with Crippen molar-refractivity contribution in [3.05, 3.63) is 52.4 Å². The minimum atomic E-state index is -2.07. The number of ether oxygens (including phenoxy) is 2. The maximum Gasteiger partial charge on any atom is 0.338 e. The molecule has 2 aromatic rings. The minimum Gasteiger partial charge on any atom is -0.467 e. The zero-order chi connectivity index (χ0) is 29.3. The van der Waals surface area contributed by atoms with Gasteiger partial charge in [-0.1, -0.05) is 30.4 Å². The van der Waals surface area contributed by atoms with Gasteiger partial charge in [0.25, 0.3) is 5.91 Å². The number of amides is 1. The van der Waals surface area contributed by atoms with E-state index in [2.05, 4.69) is 4.74 Å². The molecule has 1 aromatic carbocycles. The summed E-state index contributed by atoms with van der Waals surface area (Å²) in [5.74, 6) is -0.771. The number of aliphatic hydroxyl groups excluding tert-OH is 2. The zero-order valence-corrected chi connectivity index (χ0v) is 23.9. The summed E-state index contributed by atoms with van der Waals surface area (Å²) >= 11 is 6.86. The molecule has 2 saturated carbocycles. The molecule has 0 radical (unpaired) electrons. The third kappa shape index (κ3) is 6.25. The summed E-state index contributed by atoms with van der Waals surface area (Å²) in [6, 6.07) is 7.75. The number of thioether (sulfide) groups is 1. The molecule has 2 aliphatic carbocycles. The predicted octanol–water partition coefficient (Wildman–Crippen LogP) is 3.85. The van der Waals surface area contributed by atoms with Crippen LogP contribution in [0.5, 0.6) is 0 Å². The van der Waals surface area contributed by atoms with Gasteiger partial charge in [0.15, 0.2) is 12.2 Å². The number of hydrogen-bond donors (Lipinski definition) is 2. The van der Waals surface area contributed by atoms with Gasteiger partial charge in [-0.05, 0) is 79.8 Å². The van der Waals surface area contributed by atoms with Crippen molar-refractivity contribution in [2.75, 3.05) is 13.7 Å². The van der Waals surface area contributed by atoms with Crippen LogP contribution in [0.15, 0.2) is 39.7 Å². The van der Waals surface area contributed by atoms with Crippen LogP contribution in [0.1, 0.15) is 43.4 Å². The Bertz CT molecular complexity index is 1370. The van der Waals surface area contributed by atoms with Crippen LogP contribution in [0.4, 0.5) is 4.39 Å². The van der Waals surface area contributed by atoms with E-state index in [1.807, 2.05) is 0 Å². The number of furan rings is 1. The molecule has 41 heavy (non-hydrogen) atoms. The SMILES string of the molecule is COC(=O)[C@@H](O)[C@H](O)C(=O)OCCCc1cc(-c2ccc(F)cc2)oc1/C=C1\SC(=S)N(C2CC3CCC2C3)C1=O. The monoisotopic (exact) mass is 603 g/mol. The van der Waals surface area contributed by atoms with Gasteiger partial charge in [-0.15, -0.1) is 0 Å². The number of rotatable bonds is 10. The summed E-state index contributed by atoms with van der Waals surface area (Å²) in [6.45, 7) is -0.118. The second-order valence-electron chi connectivity index (χ2n) is 10.5. The first kappa shape index (κ1) is 29.4.